The zero-order valence-electron chi connectivity index (χ0n) is 26.1. The molecule has 4 aromatic rings. The summed E-state index contributed by atoms with van der Waals surface area (Å²) in [6, 6.07) is 14.2. The molecule has 3 aliphatic rings. The van der Waals surface area contributed by atoms with E-state index in [1.54, 1.807) is 17.1 Å². The molecule has 13 nitrogen and oxygen atoms in total. The minimum Gasteiger partial charge on any atom is -0.378 e. The fourth-order valence-corrected chi connectivity index (χ4v) is 6.03. The number of hydrogen-bond donors (Lipinski definition) is 1. The summed E-state index contributed by atoms with van der Waals surface area (Å²) in [7, 11) is 0. The van der Waals surface area contributed by atoms with Crippen LogP contribution in [0.25, 0.3) is 11.2 Å². The van der Waals surface area contributed by atoms with Gasteiger partial charge in [0.2, 0.25) is 5.95 Å². The molecule has 0 atom stereocenters. The summed E-state index contributed by atoms with van der Waals surface area (Å²) >= 11 is 0. The molecular formula is C33H39N9O4. The number of imidazole rings is 1. The third-order valence-corrected chi connectivity index (χ3v) is 8.50. The van der Waals surface area contributed by atoms with Gasteiger partial charge in [-0.3, -0.25) is 10.2 Å². The number of aryl methyl sites for hydroxylation is 1. The van der Waals surface area contributed by atoms with Crippen LogP contribution in [0, 0.1) is 6.92 Å². The van der Waals surface area contributed by atoms with Crippen molar-refractivity contribution in [3.8, 4) is 0 Å². The lowest BCUT2D eigenvalue weighted by Gasteiger charge is -2.33. The van der Waals surface area contributed by atoms with E-state index in [0.717, 1.165) is 48.7 Å². The molecule has 0 amide bonds. The highest BCUT2D eigenvalue weighted by Gasteiger charge is 2.24. The quantitative estimate of drug-likeness (QED) is 0.168. The number of nitrogens with one attached hydrogen (secondary N) is 1. The molecule has 0 saturated carbocycles. The van der Waals surface area contributed by atoms with Crippen LogP contribution in [0.4, 0.5) is 23.1 Å². The van der Waals surface area contributed by atoms with Crippen molar-refractivity contribution < 1.29 is 19.0 Å². The van der Waals surface area contributed by atoms with Gasteiger partial charge in [-0.1, -0.05) is 29.8 Å². The van der Waals surface area contributed by atoms with Crippen molar-refractivity contribution in [3.05, 3.63) is 65.5 Å². The predicted molar refractivity (Wildman–Crippen MR) is 178 cm³/mol. The third kappa shape index (κ3) is 6.66. The van der Waals surface area contributed by atoms with Gasteiger partial charge in [0.1, 0.15) is 0 Å². The Morgan fingerprint density at radius 2 is 1.57 bits per heavy atom. The fraction of sp³-hybridized carbons (Fsp3) is 0.424. The number of nitrogens with zero attached hydrogens (tertiary/aromatic N) is 8. The van der Waals surface area contributed by atoms with Gasteiger partial charge in [-0.05, 0) is 30.7 Å². The number of carbonyl (C=O) groups excluding carboxylic acids is 1. The molecule has 0 radical (unpaired) electrons. The number of ether oxygens (including phenoxy) is 3. The van der Waals surface area contributed by atoms with E-state index in [1.807, 2.05) is 37.3 Å². The van der Waals surface area contributed by atoms with Crippen LogP contribution in [0.3, 0.4) is 0 Å². The molecule has 3 saturated heterocycles. The van der Waals surface area contributed by atoms with E-state index >= 15 is 0 Å². The second-order valence-corrected chi connectivity index (χ2v) is 11.6. The standard InChI is InChI=1S/C33H39N9O4/c1-24-3-2-4-25(19-24)21-35-38-31-30-32(37-33(36-31)41-11-17-46-18-12-41)42(23-34-30)22-29(43)27-6-5-26(39-7-13-44-14-8-39)20-28(27)40-9-15-45-16-10-40/h2-6,19-21,23H,7-18,22H2,1H3,(H,36,37,38)/b35-21+. The highest BCUT2D eigenvalue weighted by atomic mass is 16.5. The van der Waals surface area contributed by atoms with Crippen LogP contribution in [-0.2, 0) is 20.8 Å². The first-order valence-electron chi connectivity index (χ1n) is 15.9. The maximum atomic E-state index is 14.1. The Labute approximate surface area is 267 Å². The first kappa shape index (κ1) is 30.1. The number of aromatic nitrogens is 4. The summed E-state index contributed by atoms with van der Waals surface area (Å²) in [4.78, 5) is 35.1. The van der Waals surface area contributed by atoms with Crippen LogP contribution in [0.5, 0.6) is 0 Å². The number of ketones is 1. The minimum absolute atomic E-state index is 0.0205. The molecule has 0 unspecified atom stereocenters. The molecule has 0 aliphatic carbocycles. The van der Waals surface area contributed by atoms with E-state index in [4.69, 9.17) is 24.2 Å². The zero-order chi connectivity index (χ0) is 31.3. The monoisotopic (exact) mass is 625 g/mol. The minimum atomic E-state index is -0.0205. The normalized spacial score (nSPS) is 17.6. The van der Waals surface area contributed by atoms with E-state index in [2.05, 4.69) is 42.3 Å². The van der Waals surface area contributed by atoms with Gasteiger partial charge in [0, 0.05) is 56.2 Å². The van der Waals surface area contributed by atoms with E-state index in [9.17, 15) is 4.79 Å². The molecule has 5 heterocycles. The summed E-state index contributed by atoms with van der Waals surface area (Å²) in [6.45, 7) is 10.4. The predicted octanol–water partition coefficient (Wildman–Crippen LogP) is 2.97. The number of fused-ring (bicyclic) bond motifs is 1. The molecule has 3 fully saturated rings. The molecule has 240 valence electrons. The van der Waals surface area contributed by atoms with E-state index in [1.165, 1.54) is 0 Å². The largest absolute Gasteiger partial charge is 0.378 e. The average Bonchev–Trinajstić information content (AvgIpc) is 3.51. The molecular weight excluding hydrogens is 586 g/mol. The number of rotatable bonds is 9. The molecule has 2 aromatic heterocycles. The highest BCUT2D eigenvalue weighted by molar-refractivity contribution is 6.02. The molecule has 0 spiro atoms. The highest BCUT2D eigenvalue weighted by Crippen LogP contribution is 2.30. The molecule has 2 aromatic carbocycles. The van der Waals surface area contributed by atoms with Gasteiger partial charge in [0.15, 0.2) is 22.8 Å². The van der Waals surface area contributed by atoms with Gasteiger partial charge in [0.05, 0.1) is 58.7 Å². The maximum absolute atomic E-state index is 14.1. The summed E-state index contributed by atoms with van der Waals surface area (Å²) in [5.74, 6) is 1.00. The third-order valence-electron chi connectivity index (χ3n) is 8.50. The van der Waals surface area contributed by atoms with Crippen LogP contribution in [0.1, 0.15) is 21.5 Å². The van der Waals surface area contributed by atoms with Crippen molar-refractivity contribution in [1.29, 1.82) is 0 Å². The smallest absolute Gasteiger partial charge is 0.229 e. The van der Waals surface area contributed by atoms with E-state index in [-0.39, 0.29) is 12.3 Å². The number of benzene rings is 2. The van der Waals surface area contributed by atoms with Gasteiger partial charge in [0.25, 0.3) is 0 Å². The SMILES string of the molecule is Cc1cccc(/C=N/Nc2nc(N3CCOCC3)nc3c2ncn3CC(=O)c2ccc(N3CCOCC3)cc2N2CCOCC2)c1. The van der Waals surface area contributed by atoms with Crippen LogP contribution >= 0.6 is 0 Å². The van der Waals surface area contributed by atoms with Gasteiger partial charge in [-0.15, -0.1) is 0 Å². The summed E-state index contributed by atoms with van der Waals surface area (Å²) < 4.78 is 18.6. The van der Waals surface area contributed by atoms with Crippen LogP contribution in [-0.4, -0.2) is 110 Å². The van der Waals surface area contributed by atoms with E-state index in [0.29, 0.717) is 81.2 Å². The number of carbonyl (C=O) groups is 1. The van der Waals surface area contributed by atoms with Crippen molar-refractivity contribution in [3.63, 3.8) is 0 Å². The van der Waals surface area contributed by atoms with Gasteiger partial charge in [-0.25, -0.2) is 4.98 Å². The molecule has 7 rings (SSSR count). The van der Waals surface area contributed by atoms with Crippen molar-refractivity contribution in [2.75, 3.05) is 99.0 Å². The van der Waals surface area contributed by atoms with Gasteiger partial charge < -0.3 is 33.5 Å². The second-order valence-electron chi connectivity index (χ2n) is 11.6. The molecule has 46 heavy (non-hydrogen) atoms. The Morgan fingerprint density at radius 1 is 0.870 bits per heavy atom. The number of hydrogen-bond acceptors (Lipinski definition) is 12. The molecule has 0 bridgehead atoms. The summed E-state index contributed by atoms with van der Waals surface area (Å²) in [5, 5.41) is 4.46. The summed E-state index contributed by atoms with van der Waals surface area (Å²) in [5.41, 5.74) is 9.02. The van der Waals surface area contributed by atoms with Crippen molar-refractivity contribution in [1.82, 2.24) is 19.5 Å². The zero-order valence-corrected chi connectivity index (χ0v) is 26.1. The second kappa shape index (κ2) is 13.8. The van der Waals surface area contributed by atoms with Gasteiger partial charge >= 0.3 is 0 Å². The lowest BCUT2D eigenvalue weighted by molar-refractivity contribution is 0.0971. The maximum Gasteiger partial charge on any atom is 0.229 e. The van der Waals surface area contributed by atoms with Crippen molar-refractivity contribution >= 4 is 46.3 Å². The summed E-state index contributed by atoms with van der Waals surface area (Å²) in [6.07, 6.45) is 3.41. The van der Waals surface area contributed by atoms with Crippen molar-refractivity contribution in [2.45, 2.75) is 13.5 Å². The number of Topliss-reactive ketones (excluding diaryl/α,β-unsaturated/α-hetero) is 1. The Balaban J connectivity index is 1.20. The number of hydrazone groups is 1. The fourth-order valence-electron chi connectivity index (χ4n) is 6.03. The topological polar surface area (TPSA) is 122 Å². The molecule has 13 heteroatoms. The Hall–Kier alpha value is -4.59. The molecule has 3 aliphatic heterocycles. The Kier molecular flexibility index (Phi) is 9.03. The number of anilines is 4. The molecule has 1 N–H and O–H groups in total. The lowest BCUT2D eigenvalue weighted by atomic mass is 10.0. The number of morpholine rings is 3. The first-order chi connectivity index (χ1) is 22.6. The Morgan fingerprint density at radius 3 is 2.28 bits per heavy atom. The first-order valence-corrected chi connectivity index (χ1v) is 15.9. The van der Waals surface area contributed by atoms with Crippen LogP contribution < -0.4 is 20.1 Å². The van der Waals surface area contributed by atoms with Crippen molar-refractivity contribution in [2.24, 2.45) is 5.10 Å². The lowest BCUT2D eigenvalue weighted by Crippen LogP contribution is -2.38. The Bertz CT molecular complexity index is 1710. The van der Waals surface area contributed by atoms with Gasteiger partial charge in [-0.2, -0.15) is 15.1 Å². The van der Waals surface area contributed by atoms with E-state index < -0.39 is 0 Å². The average molecular weight is 626 g/mol. The van der Waals surface area contributed by atoms with Crippen LogP contribution in [0.15, 0.2) is 53.9 Å². The van der Waals surface area contributed by atoms with Crippen LogP contribution in [0.2, 0.25) is 0 Å².